The number of hydrogen-bond acceptors (Lipinski definition) is 2. The molecule has 1 rings (SSSR count). The Balaban J connectivity index is 2.50. The Morgan fingerprint density at radius 3 is 2.11 bits per heavy atom. The third-order valence-corrected chi connectivity index (χ3v) is 2.78. The van der Waals surface area contributed by atoms with Crippen molar-refractivity contribution in [2.24, 2.45) is 0 Å². The lowest BCUT2D eigenvalue weighted by atomic mass is 9.80. The van der Waals surface area contributed by atoms with Crippen LogP contribution in [0.15, 0.2) is 24.3 Å². The van der Waals surface area contributed by atoms with Gasteiger partial charge in [-0.3, -0.25) is 0 Å². The molecule has 0 saturated carbocycles. The van der Waals surface area contributed by atoms with Crippen molar-refractivity contribution in [3.63, 3.8) is 0 Å². The van der Waals surface area contributed by atoms with Gasteiger partial charge in [-0.05, 0) is 26.0 Å². The van der Waals surface area contributed by atoms with Crippen molar-refractivity contribution in [2.45, 2.75) is 25.9 Å². The van der Waals surface area contributed by atoms with E-state index in [1.807, 2.05) is 13.8 Å². The Morgan fingerprint density at radius 1 is 1.11 bits per heavy atom. The summed E-state index contributed by atoms with van der Waals surface area (Å²) in [7, 11) is 1.61. The molecule has 0 heterocycles. The molecule has 0 aliphatic rings. The molecule has 0 atom stereocenters. The highest BCUT2D eigenvalue weighted by molar-refractivity contribution is 6.73. The summed E-state index contributed by atoms with van der Waals surface area (Å²) in [6.45, 7) is -0.690. The van der Waals surface area contributed by atoms with Gasteiger partial charge in [-0.15, -0.1) is 5.46 Å². The molecule has 0 aromatic heterocycles. The summed E-state index contributed by atoms with van der Waals surface area (Å²) in [4.78, 5) is 0. The highest BCUT2D eigenvalue weighted by atomic mass is 19.4. The first kappa shape index (κ1) is 14.9. The number of rotatable bonds is 6. The second-order valence-electron chi connectivity index (χ2n) is 4.71. The molecule has 0 radical (unpaired) electrons. The molecule has 0 unspecified atom stereocenters. The second-order valence-corrected chi connectivity index (χ2v) is 4.71. The average Bonchev–Trinajstić information content (AvgIpc) is 2.28. The van der Waals surface area contributed by atoms with Gasteiger partial charge < -0.3 is 22.4 Å². The van der Waals surface area contributed by atoms with E-state index in [4.69, 9.17) is 9.47 Å². The van der Waals surface area contributed by atoms with E-state index in [1.165, 1.54) is 12.1 Å². The van der Waals surface area contributed by atoms with Crippen LogP contribution in [0.5, 0.6) is 5.75 Å². The lowest BCUT2D eigenvalue weighted by molar-refractivity contribution is 0.00546. The molecule has 0 spiro atoms. The number of methoxy groups -OCH3 is 1. The van der Waals surface area contributed by atoms with Gasteiger partial charge in [0.05, 0.1) is 12.2 Å². The van der Waals surface area contributed by atoms with E-state index in [0.717, 1.165) is 12.1 Å². The molecule has 6 heteroatoms. The van der Waals surface area contributed by atoms with Crippen LogP contribution in [0.3, 0.4) is 0 Å². The van der Waals surface area contributed by atoms with Gasteiger partial charge in [-0.1, -0.05) is 12.1 Å². The molecule has 18 heavy (non-hydrogen) atoms. The van der Waals surface area contributed by atoms with Crippen LogP contribution in [0.4, 0.5) is 12.9 Å². The van der Waals surface area contributed by atoms with Crippen LogP contribution in [0.2, 0.25) is 0 Å². The lowest BCUT2D eigenvalue weighted by Gasteiger charge is -2.22. The summed E-state index contributed by atoms with van der Waals surface area (Å²) in [5.41, 5.74) is -0.908. The first-order chi connectivity index (χ1) is 8.24. The number of hydrogen-bond donors (Lipinski definition) is 0. The van der Waals surface area contributed by atoms with E-state index in [1.54, 1.807) is 7.11 Å². The minimum absolute atomic E-state index is 0.297. The van der Waals surface area contributed by atoms with Crippen LogP contribution >= 0.6 is 0 Å². The van der Waals surface area contributed by atoms with Crippen LogP contribution in [-0.4, -0.2) is 26.3 Å². The zero-order chi connectivity index (χ0) is 13.8. The molecule has 0 saturated heterocycles. The third-order valence-electron chi connectivity index (χ3n) is 2.78. The SMILES string of the molecule is COC(C)(C)CCOc1ccc([B-](F)(F)F)cc1. The molecular formula is C12H17BF3O2-. The normalized spacial score (nSPS) is 12.6. The molecule has 102 valence electrons. The summed E-state index contributed by atoms with van der Waals surface area (Å²) in [5.74, 6) is 0.436. The van der Waals surface area contributed by atoms with Gasteiger partial charge in [0.2, 0.25) is 0 Å². The van der Waals surface area contributed by atoms with Gasteiger partial charge in [0.25, 0.3) is 0 Å². The van der Waals surface area contributed by atoms with Gasteiger partial charge in [0.15, 0.2) is 0 Å². The van der Waals surface area contributed by atoms with E-state index in [0.29, 0.717) is 18.8 Å². The Bertz CT molecular complexity index is 374. The van der Waals surface area contributed by atoms with Crippen molar-refractivity contribution in [1.82, 2.24) is 0 Å². The summed E-state index contributed by atoms with van der Waals surface area (Å²) < 4.78 is 47.7. The average molecular weight is 261 g/mol. The first-order valence-electron chi connectivity index (χ1n) is 5.72. The quantitative estimate of drug-likeness (QED) is 0.733. The smallest absolute Gasteiger partial charge is 0.493 e. The number of ether oxygens (including phenoxy) is 2. The molecule has 1 aromatic rings. The lowest BCUT2D eigenvalue weighted by Crippen LogP contribution is -2.33. The maximum atomic E-state index is 12.4. The van der Waals surface area contributed by atoms with Crippen LogP contribution < -0.4 is 10.2 Å². The van der Waals surface area contributed by atoms with Crippen LogP contribution in [0.1, 0.15) is 20.3 Å². The van der Waals surface area contributed by atoms with E-state index >= 15 is 0 Å². The second kappa shape index (κ2) is 5.65. The van der Waals surface area contributed by atoms with Crippen molar-refractivity contribution in [3.05, 3.63) is 24.3 Å². The summed E-state index contributed by atoms with van der Waals surface area (Å²) in [6, 6.07) is 4.75. The summed E-state index contributed by atoms with van der Waals surface area (Å²) in [6.07, 6.45) is 0.661. The third kappa shape index (κ3) is 4.60. The zero-order valence-corrected chi connectivity index (χ0v) is 10.8. The van der Waals surface area contributed by atoms with E-state index in [2.05, 4.69) is 0 Å². The van der Waals surface area contributed by atoms with Crippen LogP contribution in [0.25, 0.3) is 0 Å². The fourth-order valence-corrected chi connectivity index (χ4v) is 1.30. The predicted molar refractivity (Wildman–Crippen MR) is 66.4 cm³/mol. The number of halogens is 3. The summed E-state index contributed by atoms with van der Waals surface area (Å²) >= 11 is 0. The monoisotopic (exact) mass is 261 g/mol. The topological polar surface area (TPSA) is 18.5 Å². The minimum Gasteiger partial charge on any atom is -0.493 e. The highest BCUT2D eigenvalue weighted by Gasteiger charge is 2.25. The zero-order valence-electron chi connectivity index (χ0n) is 10.8. The van der Waals surface area contributed by atoms with E-state index < -0.39 is 12.4 Å². The highest BCUT2D eigenvalue weighted by Crippen LogP contribution is 2.16. The molecule has 0 bridgehead atoms. The molecule has 1 aromatic carbocycles. The Hall–Kier alpha value is -1.17. The van der Waals surface area contributed by atoms with E-state index in [9.17, 15) is 12.9 Å². The van der Waals surface area contributed by atoms with Gasteiger partial charge in [0.1, 0.15) is 5.75 Å². The molecular weight excluding hydrogens is 244 g/mol. The summed E-state index contributed by atoms with van der Waals surface area (Å²) in [5, 5.41) is 0. The van der Waals surface area contributed by atoms with E-state index in [-0.39, 0.29) is 5.60 Å². The molecule has 0 fully saturated rings. The molecule has 0 N–H and O–H groups in total. The van der Waals surface area contributed by atoms with Crippen molar-refractivity contribution in [2.75, 3.05) is 13.7 Å². The first-order valence-corrected chi connectivity index (χ1v) is 5.72. The Morgan fingerprint density at radius 2 is 1.67 bits per heavy atom. The standard InChI is InChI=1S/C12H17BF3O2/c1-12(2,17-3)8-9-18-11-6-4-10(5-7-11)13(14,15)16/h4-7H,8-9H2,1-3H3/q-1. The maximum absolute atomic E-state index is 12.4. The molecule has 0 aliphatic carbocycles. The van der Waals surface area contributed by atoms with Gasteiger partial charge in [-0.2, -0.15) is 0 Å². The predicted octanol–water partition coefficient (Wildman–Crippen LogP) is 2.93. The Labute approximate surface area is 105 Å². The molecule has 0 amide bonds. The van der Waals surface area contributed by atoms with Gasteiger partial charge >= 0.3 is 6.98 Å². The van der Waals surface area contributed by atoms with Crippen LogP contribution in [-0.2, 0) is 4.74 Å². The van der Waals surface area contributed by atoms with Crippen molar-refractivity contribution in [3.8, 4) is 5.75 Å². The fraction of sp³-hybridized carbons (Fsp3) is 0.500. The molecule has 0 aliphatic heterocycles. The Kier molecular flexibility index (Phi) is 4.68. The van der Waals surface area contributed by atoms with Crippen molar-refractivity contribution in [1.29, 1.82) is 0 Å². The fourth-order valence-electron chi connectivity index (χ4n) is 1.30. The van der Waals surface area contributed by atoms with Crippen molar-refractivity contribution < 1.29 is 22.4 Å². The van der Waals surface area contributed by atoms with Crippen molar-refractivity contribution >= 4 is 12.4 Å². The largest absolute Gasteiger partial charge is 0.509 e. The minimum atomic E-state index is -4.93. The number of benzene rings is 1. The van der Waals surface area contributed by atoms with Gasteiger partial charge in [-0.25, -0.2) is 0 Å². The van der Waals surface area contributed by atoms with Crippen LogP contribution in [0, 0.1) is 0 Å². The van der Waals surface area contributed by atoms with Gasteiger partial charge in [0, 0.05) is 13.5 Å². The molecule has 2 nitrogen and oxygen atoms in total. The maximum Gasteiger partial charge on any atom is 0.509 e.